The molecule has 20 heavy (non-hydrogen) atoms. The molecule has 0 aliphatic carbocycles. The molecule has 0 saturated carbocycles. The van der Waals surface area contributed by atoms with E-state index in [0.29, 0.717) is 18.2 Å². The number of halogens is 4. The molecule has 0 spiro atoms. The van der Waals surface area contributed by atoms with Gasteiger partial charge in [0.25, 0.3) is 0 Å². The largest absolute Gasteiger partial charge is 0.464 e. The van der Waals surface area contributed by atoms with E-state index >= 15 is 0 Å². The van der Waals surface area contributed by atoms with Crippen LogP contribution in [0.3, 0.4) is 0 Å². The maximum Gasteiger partial charge on any atom is 0.419 e. The monoisotopic (exact) mass is 287 g/mol. The molecule has 1 aromatic carbocycles. The number of rotatable bonds is 3. The summed E-state index contributed by atoms with van der Waals surface area (Å²) in [5.41, 5.74) is 4.23. The van der Waals surface area contributed by atoms with Crippen molar-refractivity contribution in [3.8, 4) is 0 Å². The highest BCUT2D eigenvalue weighted by molar-refractivity contribution is 5.34. The number of aryl methyl sites for hydroxylation is 1. The van der Waals surface area contributed by atoms with Crippen molar-refractivity contribution >= 4 is 0 Å². The van der Waals surface area contributed by atoms with Gasteiger partial charge < -0.3 is 10.2 Å². The SMILES string of the molecule is CCc1ccc(C(N)c2cccc(C(F)(F)F)c2F)o1. The van der Waals surface area contributed by atoms with Gasteiger partial charge in [0.15, 0.2) is 0 Å². The standard InChI is InChI=1S/C14H13F4NO/c1-2-8-6-7-11(20-8)13(19)9-4-3-5-10(12(9)15)14(16,17)18/h3-7,13H,2,19H2,1H3. The molecule has 0 aliphatic heterocycles. The van der Waals surface area contributed by atoms with Crippen LogP contribution in [0.1, 0.15) is 35.6 Å². The molecule has 108 valence electrons. The summed E-state index contributed by atoms with van der Waals surface area (Å²) < 4.78 is 57.3. The molecule has 2 rings (SSSR count). The van der Waals surface area contributed by atoms with Crippen molar-refractivity contribution in [3.05, 3.63) is 58.8 Å². The van der Waals surface area contributed by atoms with Crippen LogP contribution in [0.5, 0.6) is 0 Å². The fourth-order valence-corrected chi connectivity index (χ4v) is 1.91. The van der Waals surface area contributed by atoms with Crippen molar-refractivity contribution in [2.24, 2.45) is 5.73 Å². The van der Waals surface area contributed by atoms with Gasteiger partial charge in [-0.15, -0.1) is 0 Å². The van der Waals surface area contributed by atoms with Crippen LogP contribution in [0.2, 0.25) is 0 Å². The van der Waals surface area contributed by atoms with Crippen LogP contribution in [0.25, 0.3) is 0 Å². The highest BCUT2D eigenvalue weighted by atomic mass is 19.4. The summed E-state index contributed by atoms with van der Waals surface area (Å²) >= 11 is 0. The zero-order chi connectivity index (χ0) is 14.9. The van der Waals surface area contributed by atoms with Crippen molar-refractivity contribution in [3.63, 3.8) is 0 Å². The minimum absolute atomic E-state index is 0.236. The molecule has 2 aromatic rings. The Hall–Kier alpha value is -1.82. The van der Waals surface area contributed by atoms with Gasteiger partial charge in [0.05, 0.1) is 11.6 Å². The van der Waals surface area contributed by atoms with Gasteiger partial charge in [0.2, 0.25) is 0 Å². The molecule has 1 atom stereocenters. The van der Waals surface area contributed by atoms with E-state index in [1.165, 1.54) is 6.07 Å². The number of furan rings is 1. The molecule has 0 saturated heterocycles. The van der Waals surface area contributed by atoms with E-state index in [4.69, 9.17) is 10.2 Å². The van der Waals surface area contributed by atoms with Crippen molar-refractivity contribution in [2.45, 2.75) is 25.6 Å². The summed E-state index contributed by atoms with van der Waals surface area (Å²) in [6.07, 6.45) is -4.13. The van der Waals surface area contributed by atoms with Crippen LogP contribution in [-0.2, 0) is 12.6 Å². The molecule has 2 nitrogen and oxygen atoms in total. The van der Waals surface area contributed by atoms with E-state index in [1.54, 1.807) is 12.1 Å². The van der Waals surface area contributed by atoms with Crippen LogP contribution in [0.4, 0.5) is 17.6 Å². The summed E-state index contributed by atoms with van der Waals surface area (Å²) in [5, 5.41) is 0. The lowest BCUT2D eigenvalue weighted by atomic mass is 10.0. The van der Waals surface area contributed by atoms with Crippen LogP contribution >= 0.6 is 0 Å². The second-order valence-corrected chi connectivity index (χ2v) is 4.34. The maximum absolute atomic E-state index is 14.0. The van der Waals surface area contributed by atoms with Gasteiger partial charge in [-0.25, -0.2) is 4.39 Å². The highest BCUT2D eigenvalue weighted by Gasteiger charge is 2.35. The Balaban J connectivity index is 2.42. The molecule has 1 unspecified atom stereocenters. The number of benzene rings is 1. The molecule has 0 bridgehead atoms. The second-order valence-electron chi connectivity index (χ2n) is 4.34. The first-order valence-electron chi connectivity index (χ1n) is 6.04. The average Bonchev–Trinajstić information content (AvgIpc) is 2.85. The normalized spacial score (nSPS) is 13.5. The van der Waals surface area contributed by atoms with E-state index in [2.05, 4.69) is 0 Å². The smallest absolute Gasteiger partial charge is 0.419 e. The second kappa shape index (κ2) is 5.28. The molecule has 0 fully saturated rings. The van der Waals surface area contributed by atoms with E-state index in [1.807, 2.05) is 6.92 Å². The lowest BCUT2D eigenvalue weighted by Crippen LogP contribution is -2.16. The van der Waals surface area contributed by atoms with Gasteiger partial charge in [-0.1, -0.05) is 19.1 Å². The van der Waals surface area contributed by atoms with E-state index in [-0.39, 0.29) is 11.3 Å². The van der Waals surface area contributed by atoms with E-state index < -0.39 is 23.6 Å². The molecule has 0 amide bonds. The summed E-state index contributed by atoms with van der Waals surface area (Å²) in [5.74, 6) is -0.482. The van der Waals surface area contributed by atoms with Gasteiger partial charge in [-0.05, 0) is 18.2 Å². The summed E-state index contributed by atoms with van der Waals surface area (Å²) in [4.78, 5) is 0. The van der Waals surface area contributed by atoms with Gasteiger partial charge in [0.1, 0.15) is 17.3 Å². The zero-order valence-electron chi connectivity index (χ0n) is 10.7. The number of hydrogen-bond donors (Lipinski definition) is 1. The summed E-state index contributed by atoms with van der Waals surface area (Å²) in [7, 11) is 0. The Labute approximate surface area is 113 Å². The third-order valence-electron chi connectivity index (χ3n) is 3.01. The van der Waals surface area contributed by atoms with Crippen molar-refractivity contribution < 1.29 is 22.0 Å². The molecule has 6 heteroatoms. The predicted molar refractivity (Wildman–Crippen MR) is 65.5 cm³/mol. The third-order valence-corrected chi connectivity index (χ3v) is 3.01. The first kappa shape index (κ1) is 14.6. The average molecular weight is 287 g/mol. The molecule has 2 N–H and O–H groups in total. The number of alkyl halides is 3. The quantitative estimate of drug-likeness (QED) is 0.865. The van der Waals surface area contributed by atoms with Crippen LogP contribution < -0.4 is 5.73 Å². The fourth-order valence-electron chi connectivity index (χ4n) is 1.91. The maximum atomic E-state index is 14.0. The number of hydrogen-bond acceptors (Lipinski definition) is 2. The third kappa shape index (κ3) is 2.70. The Kier molecular flexibility index (Phi) is 3.85. The molecule has 0 radical (unpaired) electrons. The Bertz CT molecular complexity index is 603. The zero-order valence-corrected chi connectivity index (χ0v) is 10.7. The summed E-state index contributed by atoms with van der Waals surface area (Å²) in [6.45, 7) is 1.86. The lowest BCUT2D eigenvalue weighted by Gasteiger charge is -2.14. The Morgan fingerprint density at radius 3 is 2.45 bits per heavy atom. The van der Waals surface area contributed by atoms with Crippen LogP contribution in [0, 0.1) is 5.82 Å². The number of nitrogens with two attached hydrogens (primary N) is 1. The fraction of sp³-hybridized carbons (Fsp3) is 0.286. The van der Waals surface area contributed by atoms with Gasteiger partial charge in [-0.3, -0.25) is 0 Å². The molecular weight excluding hydrogens is 274 g/mol. The Morgan fingerprint density at radius 1 is 1.20 bits per heavy atom. The minimum Gasteiger partial charge on any atom is -0.464 e. The predicted octanol–water partition coefficient (Wildman–Crippen LogP) is 4.05. The molecule has 1 heterocycles. The molecule has 0 aliphatic rings. The topological polar surface area (TPSA) is 39.2 Å². The van der Waals surface area contributed by atoms with E-state index in [0.717, 1.165) is 6.07 Å². The van der Waals surface area contributed by atoms with Crippen molar-refractivity contribution in [2.75, 3.05) is 0 Å². The first-order valence-corrected chi connectivity index (χ1v) is 6.04. The van der Waals surface area contributed by atoms with Gasteiger partial charge >= 0.3 is 6.18 Å². The first-order chi connectivity index (χ1) is 9.34. The minimum atomic E-state index is -4.75. The van der Waals surface area contributed by atoms with Gasteiger partial charge in [-0.2, -0.15) is 13.2 Å². The summed E-state index contributed by atoms with van der Waals surface area (Å²) in [6, 6.07) is 5.18. The van der Waals surface area contributed by atoms with Crippen LogP contribution in [-0.4, -0.2) is 0 Å². The molecule has 1 aromatic heterocycles. The highest BCUT2D eigenvalue weighted by Crippen LogP contribution is 2.34. The Morgan fingerprint density at radius 2 is 1.90 bits per heavy atom. The van der Waals surface area contributed by atoms with Crippen LogP contribution in [0.15, 0.2) is 34.7 Å². The molecular formula is C14H13F4NO. The lowest BCUT2D eigenvalue weighted by molar-refractivity contribution is -0.140. The van der Waals surface area contributed by atoms with E-state index in [9.17, 15) is 17.6 Å². The van der Waals surface area contributed by atoms with Crippen molar-refractivity contribution in [1.29, 1.82) is 0 Å². The van der Waals surface area contributed by atoms with Crippen molar-refractivity contribution in [1.82, 2.24) is 0 Å². The van der Waals surface area contributed by atoms with Gasteiger partial charge in [0, 0.05) is 12.0 Å².